The maximum atomic E-state index is 13.9. The van der Waals surface area contributed by atoms with Crippen molar-refractivity contribution in [2.75, 3.05) is 0 Å². The van der Waals surface area contributed by atoms with Crippen LogP contribution in [0.4, 0.5) is 17.6 Å². The monoisotopic (exact) mass is 673 g/mol. The third kappa shape index (κ3) is 6.02. The Kier molecular flexibility index (Phi) is 7.55. The first-order valence-corrected chi connectivity index (χ1v) is 11.6. The number of nitrogens with one attached hydrogen (secondary N) is 2. The number of benzene rings is 2. The minimum atomic E-state index is -4.81. The number of phenolic OH excluding ortho intramolecular Hbond substituents is 1. The third-order valence-corrected chi connectivity index (χ3v) is 6.68. The van der Waals surface area contributed by atoms with Crippen molar-refractivity contribution in [1.82, 2.24) is 10.6 Å². The lowest BCUT2D eigenvalue weighted by molar-refractivity contribution is -0.161. The molecule has 0 spiro atoms. The van der Waals surface area contributed by atoms with E-state index in [2.05, 4.69) is 10.6 Å². The predicted molar refractivity (Wildman–Crippen MR) is 125 cm³/mol. The first-order valence-electron chi connectivity index (χ1n) is 9.42. The Morgan fingerprint density at radius 1 is 1.22 bits per heavy atom. The van der Waals surface area contributed by atoms with Gasteiger partial charge >= 0.3 is 6.18 Å². The van der Waals surface area contributed by atoms with Crippen molar-refractivity contribution >= 4 is 51.1 Å². The summed E-state index contributed by atoms with van der Waals surface area (Å²) >= 11 is 3.78. The van der Waals surface area contributed by atoms with Crippen molar-refractivity contribution in [1.29, 1.82) is 5.26 Å². The van der Waals surface area contributed by atoms with E-state index in [1.165, 1.54) is 6.07 Å². The largest absolute Gasteiger partial charge is 0.506 e. The van der Waals surface area contributed by atoms with Crippen LogP contribution in [0.5, 0.6) is 5.75 Å². The van der Waals surface area contributed by atoms with Gasteiger partial charge in [-0.1, -0.05) is 12.1 Å². The minimum Gasteiger partial charge on any atom is -0.506 e. The lowest BCUT2D eigenvalue weighted by Gasteiger charge is -2.28. The number of carbonyl (C=O) groups is 1. The summed E-state index contributed by atoms with van der Waals surface area (Å²) in [4.78, 5) is 12.9. The summed E-state index contributed by atoms with van der Waals surface area (Å²) in [7, 11) is 0. The molecule has 5 nitrogen and oxygen atoms in total. The number of hydrogen-bond donors (Lipinski definition) is 3. The van der Waals surface area contributed by atoms with Crippen LogP contribution >= 0.6 is 45.2 Å². The maximum Gasteiger partial charge on any atom is 0.407 e. The van der Waals surface area contributed by atoms with Crippen molar-refractivity contribution < 1.29 is 27.5 Å². The molecule has 1 saturated carbocycles. The zero-order valence-corrected chi connectivity index (χ0v) is 20.6. The van der Waals surface area contributed by atoms with Gasteiger partial charge in [-0.25, -0.2) is 4.39 Å². The number of nitrogens with zero attached hydrogens (tertiary/aromatic N) is 1. The van der Waals surface area contributed by atoms with E-state index in [1.807, 2.05) is 51.3 Å². The Morgan fingerprint density at radius 3 is 2.34 bits per heavy atom. The summed E-state index contributed by atoms with van der Waals surface area (Å²) in [5.74, 6) is -1.55. The molecular weight excluding hydrogens is 656 g/mol. The van der Waals surface area contributed by atoms with E-state index in [9.17, 15) is 32.7 Å². The summed E-state index contributed by atoms with van der Waals surface area (Å²) in [6.45, 7) is 0. The lowest BCUT2D eigenvalue weighted by atomic mass is 10.0. The highest BCUT2D eigenvalue weighted by Gasteiger charge is 2.47. The van der Waals surface area contributed by atoms with E-state index < -0.39 is 35.5 Å². The zero-order valence-electron chi connectivity index (χ0n) is 16.3. The fourth-order valence-electron chi connectivity index (χ4n) is 3.18. The van der Waals surface area contributed by atoms with Gasteiger partial charge < -0.3 is 10.4 Å². The molecule has 0 saturated heterocycles. The Balaban J connectivity index is 1.95. The van der Waals surface area contributed by atoms with Crippen molar-refractivity contribution in [3.8, 4) is 11.8 Å². The number of rotatable bonds is 7. The van der Waals surface area contributed by atoms with Crippen molar-refractivity contribution in [2.45, 2.75) is 43.1 Å². The van der Waals surface area contributed by atoms with Gasteiger partial charge in [0.2, 0.25) is 5.91 Å². The molecule has 3 rings (SSSR count). The van der Waals surface area contributed by atoms with Gasteiger partial charge in [0.05, 0.1) is 19.3 Å². The van der Waals surface area contributed by atoms with Crippen LogP contribution in [0.15, 0.2) is 36.4 Å². The summed E-state index contributed by atoms with van der Waals surface area (Å²) in [5.41, 5.74) is -0.917. The fraction of sp³-hybridized carbons (Fsp3) is 0.333. The average Bonchev–Trinajstić information content (AvgIpc) is 3.48. The summed E-state index contributed by atoms with van der Waals surface area (Å²) in [6, 6.07) is 5.55. The molecule has 0 bridgehead atoms. The topological polar surface area (TPSA) is 85.2 Å². The molecule has 170 valence electrons. The Hall–Kier alpha value is -1.66. The number of phenols is 1. The standard InChI is InChI=1S/C21H17F4I2N3O2/c22-13-3-1-2-12(9-13)18(21(23,24)25)29-16(19(32)30-20(10-28)4-5-20)8-11-6-14(26)17(31)15(27)7-11/h1-3,6-7,9,16,18,29,31H,4-5,8H2,(H,30,32)/t16-,18-/m0/s1. The summed E-state index contributed by atoms with van der Waals surface area (Å²) in [5, 5.41) is 24.1. The normalized spacial score (nSPS) is 16.7. The number of nitriles is 1. The molecular formula is C21H17F4I2N3O2. The molecule has 32 heavy (non-hydrogen) atoms. The van der Waals surface area contributed by atoms with E-state index in [0.717, 1.165) is 18.2 Å². The van der Waals surface area contributed by atoms with Gasteiger partial charge in [-0.15, -0.1) is 0 Å². The highest BCUT2D eigenvalue weighted by atomic mass is 127. The van der Waals surface area contributed by atoms with Gasteiger partial charge in [-0.3, -0.25) is 10.1 Å². The van der Waals surface area contributed by atoms with Gasteiger partial charge in [0.15, 0.2) is 0 Å². The van der Waals surface area contributed by atoms with Gasteiger partial charge in [0.1, 0.15) is 23.1 Å². The molecule has 1 fully saturated rings. The van der Waals surface area contributed by atoms with Crippen molar-refractivity contribution in [3.05, 3.63) is 60.5 Å². The second-order valence-electron chi connectivity index (χ2n) is 7.54. The Bertz CT molecular complexity index is 1040. The highest BCUT2D eigenvalue weighted by Crippen LogP contribution is 2.36. The van der Waals surface area contributed by atoms with Crippen LogP contribution in [0.2, 0.25) is 0 Å². The highest BCUT2D eigenvalue weighted by molar-refractivity contribution is 14.1. The molecule has 1 aliphatic carbocycles. The number of amides is 1. The number of alkyl halides is 3. The second-order valence-corrected chi connectivity index (χ2v) is 9.87. The lowest BCUT2D eigenvalue weighted by Crippen LogP contribution is -2.52. The van der Waals surface area contributed by atoms with E-state index in [1.54, 1.807) is 12.1 Å². The van der Waals surface area contributed by atoms with Gasteiger partial charge in [-0.05, 0) is 99.8 Å². The molecule has 0 aromatic heterocycles. The average molecular weight is 673 g/mol. The first-order chi connectivity index (χ1) is 14.9. The van der Waals surface area contributed by atoms with Crippen molar-refractivity contribution in [2.24, 2.45) is 0 Å². The number of halogens is 6. The molecule has 0 aliphatic heterocycles. The van der Waals surface area contributed by atoms with E-state index in [-0.39, 0.29) is 17.7 Å². The van der Waals surface area contributed by atoms with Crippen LogP contribution in [-0.4, -0.2) is 28.8 Å². The molecule has 1 aliphatic rings. The molecule has 3 N–H and O–H groups in total. The third-order valence-electron chi connectivity index (χ3n) is 5.04. The molecule has 0 unspecified atom stereocenters. The van der Waals surface area contributed by atoms with E-state index >= 15 is 0 Å². The van der Waals surface area contributed by atoms with E-state index in [0.29, 0.717) is 25.5 Å². The van der Waals surface area contributed by atoms with Crippen LogP contribution in [0.3, 0.4) is 0 Å². The van der Waals surface area contributed by atoms with Crippen LogP contribution in [0.25, 0.3) is 0 Å². The molecule has 1 amide bonds. The maximum absolute atomic E-state index is 13.9. The Morgan fingerprint density at radius 2 is 1.84 bits per heavy atom. The van der Waals surface area contributed by atoms with Gasteiger partial charge in [0, 0.05) is 0 Å². The summed E-state index contributed by atoms with van der Waals surface area (Å²) in [6.07, 6.45) is -4.11. The Labute approximate surface area is 208 Å². The molecule has 2 aromatic carbocycles. The zero-order chi connectivity index (χ0) is 23.7. The molecule has 11 heteroatoms. The van der Waals surface area contributed by atoms with E-state index in [4.69, 9.17) is 0 Å². The quantitative estimate of drug-likeness (QED) is 0.294. The van der Waals surface area contributed by atoms with Crippen LogP contribution in [-0.2, 0) is 11.2 Å². The van der Waals surface area contributed by atoms with Crippen LogP contribution in [0.1, 0.15) is 30.0 Å². The van der Waals surface area contributed by atoms with Crippen LogP contribution < -0.4 is 10.6 Å². The molecule has 2 atom stereocenters. The fourth-order valence-corrected chi connectivity index (χ4v) is 5.08. The predicted octanol–water partition coefficient (Wildman–Crippen LogP) is 4.72. The molecule has 0 radical (unpaired) electrons. The smallest absolute Gasteiger partial charge is 0.407 e. The minimum absolute atomic E-state index is 0.0400. The summed E-state index contributed by atoms with van der Waals surface area (Å²) < 4.78 is 56.3. The molecule has 2 aromatic rings. The molecule has 0 heterocycles. The number of carbonyl (C=O) groups excluding carboxylic acids is 1. The second kappa shape index (κ2) is 9.68. The van der Waals surface area contributed by atoms with Crippen LogP contribution in [0, 0.1) is 24.3 Å². The first kappa shape index (κ1) is 25.0. The SMILES string of the molecule is N#CC1(NC(=O)[C@H](Cc2cc(I)c(O)c(I)c2)N[C@@H](c2cccc(F)c2)C(F)(F)F)CC1. The van der Waals surface area contributed by atoms with Gasteiger partial charge in [0.25, 0.3) is 0 Å². The van der Waals surface area contributed by atoms with Gasteiger partial charge in [-0.2, -0.15) is 18.4 Å². The number of hydrogen-bond acceptors (Lipinski definition) is 4. The van der Waals surface area contributed by atoms with Crippen molar-refractivity contribution in [3.63, 3.8) is 0 Å². The number of aromatic hydroxyl groups is 1.